The summed E-state index contributed by atoms with van der Waals surface area (Å²) >= 11 is 2.89. The highest BCUT2D eigenvalue weighted by Gasteiger charge is 2.22. The molecule has 2 aromatic rings. The molecule has 0 aliphatic rings. The van der Waals surface area contributed by atoms with Crippen LogP contribution in [0.15, 0.2) is 39.7 Å². The Hall–Kier alpha value is -1.67. The van der Waals surface area contributed by atoms with Crippen LogP contribution in [0.1, 0.15) is 5.56 Å². The summed E-state index contributed by atoms with van der Waals surface area (Å²) in [4.78, 5) is -0.615. The summed E-state index contributed by atoms with van der Waals surface area (Å²) in [5.41, 5.74) is 5.96. The molecule has 2 aromatic carbocycles. The van der Waals surface area contributed by atoms with Gasteiger partial charge in [0.05, 0.1) is 10.2 Å². The number of sulfonamides is 1. The van der Waals surface area contributed by atoms with E-state index in [0.29, 0.717) is 5.56 Å². The Bertz CT molecular complexity index is 810. The van der Waals surface area contributed by atoms with Crippen LogP contribution in [0.5, 0.6) is 0 Å². The van der Waals surface area contributed by atoms with Gasteiger partial charge in [-0.1, -0.05) is 6.07 Å². The number of hydrogen-bond donors (Lipinski definition) is 2. The quantitative estimate of drug-likeness (QED) is 0.806. The normalized spacial score (nSPS) is 11.4. The van der Waals surface area contributed by atoms with Crippen molar-refractivity contribution in [2.75, 3.05) is 10.5 Å². The molecule has 112 valence electrons. The lowest BCUT2D eigenvalue weighted by Gasteiger charge is -2.11. The molecule has 21 heavy (non-hydrogen) atoms. The van der Waals surface area contributed by atoms with E-state index < -0.39 is 26.6 Å². The molecule has 0 aliphatic carbocycles. The lowest BCUT2D eigenvalue weighted by molar-refractivity contribution is 0.567. The molecular formula is C13H11BrF2N2O2S. The van der Waals surface area contributed by atoms with Crippen molar-refractivity contribution in [1.29, 1.82) is 0 Å². The molecule has 0 atom stereocenters. The number of benzene rings is 2. The van der Waals surface area contributed by atoms with Crippen molar-refractivity contribution < 1.29 is 17.2 Å². The summed E-state index contributed by atoms with van der Waals surface area (Å²) in [6.45, 7) is 1.54. The molecule has 0 bridgehead atoms. The molecule has 0 unspecified atom stereocenters. The highest BCUT2D eigenvalue weighted by atomic mass is 79.9. The van der Waals surface area contributed by atoms with E-state index in [9.17, 15) is 17.2 Å². The maximum atomic E-state index is 13.9. The molecular weight excluding hydrogens is 366 g/mol. The molecule has 0 spiro atoms. The van der Waals surface area contributed by atoms with Crippen molar-refractivity contribution in [3.8, 4) is 0 Å². The highest BCUT2D eigenvalue weighted by Crippen LogP contribution is 2.27. The number of aryl methyl sites for hydroxylation is 1. The summed E-state index contributed by atoms with van der Waals surface area (Å²) < 4.78 is 53.7. The number of rotatable bonds is 3. The third-order valence-electron chi connectivity index (χ3n) is 2.73. The van der Waals surface area contributed by atoms with E-state index in [4.69, 9.17) is 5.73 Å². The van der Waals surface area contributed by atoms with E-state index in [1.165, 1.54) is 18.2 Å². The topological polar surface area (TPSA) is 72.2 Å². The van der Waals surface area contributed by atoms with E-state index in [1.807, 2.05) is 0 Å². The second-order valence-corrected chi connectivity index (χ2v) is 6.89. The third-order valence-corrected chi connectivity index (χ3v) is 4.69. The number of nitrogens with two attached hydrogens (primary N) is 1. The van der Waals surface area contributed by atoms with Gasteiger partial charge in [0, 0.05) is 5.69 Å². The summed E-state index contributed by atoms with van der Waals surface area (Å²) in [5.74, 6) is -1.53. The number of halogens is 3. The molecule has 3 N–H and O–H groups in total. The van der Waals surface area contributed by atoms with Crippen molar-refractivity contribution in [2.24, 2.45) is 0 Å². The zero-order chi connectivity index (χ0) is 15.8. The molecule has 0 fully saturated rings. The van der Waals surface area contributed by atoms with Gasteiger partial charge >= 0.3 is 0 Å². The van der Waals surface area contributed by atoms with Crippen molar-refractivity contribution in [3.63, 3.8) is 0 Å². The lowest BCUT2D eigenvalue weighted by Crippen LogP contribution is -2.15. The average molecular weight is 377 g/mol. The van der Waals surface area contributed by atoms with Gasteiger partial charge in [-0.3, -0.25) is 4.72 Å². The molecule has 0 saturated heterocycles. The number of nitrogens with one attached hydrogen (secondary N) is 1. The van der Waals surface area contributed by atoms with Crippen LogP contribution in [-0.2, 0) is 10.0 Å². The van der Waals surface area contributed by atoms with Crippen LogP contribution in [0.4, 0.5) is 20.2 Å². The molecule has 2 rings (SSSR count). The van der Waals surface area contributed by atoms with Crippen molar-refractivity contribution in [1.82, 2.24) is 0 Å². The minimum atomic E-state index is -4.22. The largest absolute Gasteiger partial charge is 0.399 e. The molecule has 4 nitrogen and oxygen atoms in total. The smallest absolute Gasteiger partial charge is 0.264 e. The Morgan fingerprint density at radius 1 is 1.19 bits per heavy atom. The third kappa shape index (κ3) is 3.33. The predicted octanol–water partition coefficient (Wildman–Crippen LogP) is 3.42. The van der Waals surface area contributed by atoms with Crippen molar-refractivity contribution >= 4 is 37.3 Å². The zero-order valence-electron chi connectivity index (χ0n) is 10.8. The van der Waals surface area contributed by atoms with Crippen LogP contribution in [-0.4, -0.2) is 8.42 Å². The second kappa shape index (κ2) is 5.61. The van der Waals surface area contributed by atoms with Gasteiger partial charge < -0.3 is 5.73 Å². The molecule has 0 amide bonds. The Labute approximate surface area is 129 Å². The van der Waals surface area contributed by atoms with Gasteiger partial charge in [0.25, 0.3) is 10.0 Å². The summed E-state index contributed by atoms with van der Waals surface area (Å²) in [6.07, 6.45) is 0. The van der Waals surface area contributed by atoms with Crippen LogP contribution >= 0.6 is 15.9 Å². The van der Waals surface area contributed by atoms with E-state index >= 15 is 0 Å². The van der Waals surface area contributed by atoms with Gasteiger partial charge in [0.1, 0.15) is 10.7 Å². The van der Waals surface area contributed by atoms with E-state index in [1.54, 1.807) is 6.92 Å². The summed E-state index contributed by atoms with van der Waals surface area (Å²) in [7, 11) is -4.22. The van der Waals surface area contributed by atoms with Crippen LogP contribution in [0.2, 0.25) is 0 Å². The number of anilines is 2. The Balaban J connectivity index is 2.45. The molecule has 0 heterocycles. The van der Waals surface area contributed by atoms with E-state index in [2.05, 4.69) is 20.7 Å². The van der Waals surface area contributed by atoms with Crippen molar-refractivity contribution in [2.45, 2.75) is 11.8 Å². The molecule has 0 radical (unpaired) electrons. The molecule has 8 heteroatoms. The van der Waals surface area contributed by atoms with Gasteiger partial charge in [-0.2, -0.15) is 0 Å². The maximum absolute atomic E-state index is 13.9. The minimum Gasteiger partial charge on any atom is -0.399 e. The maximum Gasteiger partial charge on any atom is 0.264 e. The van der Waals surface area contributed by atoms with Gasteiger partial charge in [0.15, 0.2) is 5.82 Å². The second-order valence-electron chi connectivity index (χ2n) is 4.38. The van der Waals surface area contributed by atoms with E-state index in [0.717, 1.165) is 12.1 Å². The summed E-state index contributed by atoms with van der Waals surface area (Å²) in [5, 5.41) is 0. The Kier molecular flexibility index (Phi) is 4.20. The minimum absolute atomic E-state index is 0.00366. The standard InChI is InChI=1S/C13H11BrF2N2O2S/c1-7-2-3-9(6-11(7)15)18-21(19,20)12-5-8(17)4-10(14)13(12)16/h2-6,18H,17H2,1H3. The zero-order valence-corrected chi connectivity index (χ0v) is 13.2. The lowest BCUT2D eigenvalue weighted by atomic mass is 10.2. The van der Waals surface area contributed by atoms with Crippen LogP contribution in [0.3, 0.4) is 0 Å². The van der Waals surface area contributed by atoms with Gasteiger partial charge in [-0.25, -0.2) is 17.2 Å². The van der Waals surface area contributed by atoms with Crippen molar-refractivity contribution in [3.05, 3.63) is 52.0 Å². The molecule has 0 aromatic heterocycles. The van der Waals surface area contributed by atoms with Crippen LogP contribution in [0.25, 0.3) is 0 Å². The predicted molar refractivity (Wildman–Crippen MR) is 80.5 cm³/mol. The first-order valence-corrected chi connectivity index (χ1v) is 8.02. The monoisotopic (exact) mass is 376 g/mol. The fourth-order valence-corrected chi connectivity index (χ4v) is 3.44. The average Bonchev–Trinajstić information content (AvgIpc) is 2.37. The van der Waals surface area contributed by atoms with Gasteiger partial charge in [0.2, 0.25) is 0 Å². The first-order chi connectivity index (χ1) is 9.70. The first-order valence-electron chi connectivity index (χ1n) is 5.74. The molecule has 0 saturated carbocycles. The first kappa shape index (κ1) is 15.7. The van der Waals surface area contributed by atoms with Crippen LogP contribution in [0, 0.1) is 18.6 Å². The fraction of sp³-hybridized carbons (Fsp3) is 0.0769. The molecule has 0 aliphatic heterocycles. The number of hydrogen-bond acceptors (Lipinski definition) is 3. The van der Waals surface area contributed by atoms with Gasteiger partial charge in [-0.15, -0.1) is 0 Å². The summed E-state index contributed by atoms with van der Waals surface area (Å²) in [6, 6.07) is 6.06. The Morgan fingerprint density at radius 3 is 2.48 bits per heavy atom. The SMILES string of the molecule is Cc1ccc(NS(=O)(=O)c2cc(N)cc(Br)c2F)cc1F. The Morgan fingerprint density at radius 2 is 1.86 bits per heavy atom. The number of nitrogen functional groups attached to an aromatic ring is 1. The van der Waals surface area contributed by atoms with Crippen LogP contribution < -0.4 is 10.5 Å². The van der Waals surface area contributed by atoms with E-state index in [-0.39, 0.29) is 15.8 Å². The fourth-order valence-electron chi connectivity index (χ4n) is 1.65. The highest BCUT2D eigenvalue weighted by molar-refractivity contribution is 9.10. The van der Waals surface area contributed by atoms with Gasteiger partial charge in [-0.05, 0) is 52.7 Å².